The van der Waals surface area contributed by atoms with E-state index < -0.39 is 10.8 Å². The summed E-state index contributed by atoms with van der Waals surface area (Å²) in [5.41, 5.74) is 2.90. The van der Waals surface area contributed by atoms with Crippen LogP contribution in [0.15, 0.2) is 71.9 Å². The highest BCUT2D eigenvalue weighted by Gasteiger charge is 2.19. The fraction of sp³-hybridized carbons (Fsp3) is 0.125. The molecule has 1 amide bonds. The zero-order valence-corrected chi connectivity index (χ0v) is 20.8. The Bertz CT molecular complexity index is 1410. The molecule has 0 atom stereocenters. The monoisotopic (exact) mass is 527 g/mol. The topological polar surface area (TPSA) is 103 Å². The number of halogens is 2. The number of nitro benzene ring substituents is 1. The maximum absolute atomic E-state index is 12.7. The molecule has 1 aromatic heterocycles. The van der Waals surface area contributed by atoms with Gasteiger partial charge < -0.3 is 5.32 Å². The highest BCUT2D eigenvalue weighted by molar-refractivity contribution is 7.98. The minimum Gasteiger partial charge on any atom is -0.345 e. The Hall–Kier alpha value is -3.40. The summed E-state index contributed by atoms with van der Waals surface area (Å²) in [7, 11) is 0. The van der Waals surface area contributed by atoms with E-state index in [1.807, 2.05) is 25.1 Å². The normalized spacial score (nSPS) is 10.8. The van der Waals surface area contributed by atoms with E-state index in [0.29, 0.717) is 32.5 Å². The Kier molecular flexibility index (Phi) is 7.70. The van der Waals surface area contributed by atoms with Crippen LogP contribution in [0.2, 0.25) is 10.0 Å². The molecule has 0 unspecified atom stereocenters. The summed E-state index contributed by atoms with van der Waals surface area (Å²) in [5.74, 6) is 0.609. The lowest BCUT2D eigenvalue weighted by Gasteiger charge is -2.13. The molecular formula is C24H19Cl2N5O3S. The lowest BCUT2D eigenvalue weighted by atomic mass is 10.1. The van der Waals surface area contributed by atoms with Gasteiger partial charge in [0, 0.05) is 28.5 Å². The van der Waals surface area contributed by atoms with Gasteiger partial charge in [0.05, 0.1) is 22.2 Å². The Labute approximate surface area is 215 Å². The molecule has 178 valence electrons. The molecule has 3 aromatic carbocycles. The van der Waals surface area contributed by atoms with Gasteiger partial charge in [0.25, 0.3) is 11.6 Å². The molecule has 0 spiro atoms. The van der Waals surface area contributed by atoms with Crippen molar-refractivity contribution in [1.82, 2.24) is 20.1 Å². The van der Waals surface area contributed by atoms with Crippen molar-refractivity contribution in [2.75, 3.05) is 0 Å². The fourth-order valence-corrected chi connectivity index (χ4v) is 4.75. The van der Waals surface area contributed by atoms with Gasteiger partial charge in [-0.2, -0.15) is 0 Å². The van der Waals surface area contributed by atoms with Crippen molar-refractivity contribution in [3.05, 3.63) is 109 Å². The maximum Gasteiger partial charge on any atom is 0.270 e. The van der Waals surface area contributed by atoms with Crippen LogP contribution >= 0.6 is 35.0 Å². The summed E-state index contributed by atoms with van der Waals surface area (Å²) in [6.07, 6.45) is 0. The van der Waals surface area contributed by atoms with E-state index in [0.717, 1.165) is 11.1 Å². The predicted molar refractivity (Wildman–Crippen MR) is 136 cm³/mol. The molecule has 0 radical (unpaired) electrons. The number of nitro groups is 1. The summed E-state index contributed by atoms with van der Waals surface area (Å²) in [6, 6.07) is 18.6. The predicted octanol–water partition coefficient (Wildman–Crippen LogP) is 6.01. The van der Waals surface area contributed by atoms with Crippen LogP contribution in [0.25, 0.3) is 5.69 Å². The van der Waals surface area contributed by atoms with Crippen LogP contribution in [-0.4, -0.2) is 25.6 Å². The largest absolute Gasteiger partial charge is 0.345 e. The first-order valence-corrected chi connectivity index (χ1v) is 12.2. The van der Waals surface area contributed by atoms with Gasteiger partial charge in [0.1, 0.15) is 0 Å². The van der Waals surface area contributed by atoms with E-state index >= 15 is 0 Å². The molecule has 0 saturated heterocycles. The van der Waals surface area contributed by atoms with E-state index in [9.17, 15) is 14.9 Å². The van der Waals surface area contributed by atoms with Crippen LogP contribution in [-0.2, 0) is 12.3 Å². The van der Waals surface area contributed by atoms with Crippen LogP contribution in [0.3, 0.4) is 0 Å². The second-order valence-corrected chi connectivity index (χ2v) is 9.32. The van der Waals surface area contributed by atoms with Gasteiger partial charge in [-0.25, -0.2) is 0 Å². The highest BCUT2D eigenvalue weighted by atomic mass is 35.5. The molecule has 0 bridgehead atoms. The van der Waals surface area contributed by atoms with Gasteiger partial charge in [-0.15, -0.1) is 10.2 Å². The van der Waals surface area contributed by atoms with E-state index in [1.165, 1.54) is 36.0 Å². The summed E-state index contributed by atoms with van der Waals surface area (Å²) in [6.45, 7) is 2.06. The number of non-ortho nitro benzene ring substituents is 1. The molecule has 1 N–H and O–H groups in total. The SMILES string of the molecule is Cc1ccccc1CSc1nnc(CNC(=O)c2cccc([N+](=O)[O-])c2)n1-c1cc(Cl)ccc1Cl. The number of hydrogen-bond acceptors (Lipinski definition) is 6. The van der Waals surface area contributed by atoms with Crippen molar-refractivity contribution in [3.8, 4) is 5.69 Å². The first kappa shape index (κ1) is 24.7. The van der Waals surface area contributed by atoms with Gasteiger partial charge >= 0.3 is 0 Å². The second-order valence-electron chi connectivity index (χ2n) is 7.54. The van der Waals surface area contributed by atoms with Crippen LogP contribution in [0.4, 0.5) is 5.69 Å². The molecular weight excluding hydrogens is 509 g/mol. The molecule has 8 nitrogen and oxygen atoms in total. The number of rotatable bonds is 8. The van der Waals surface area contributed by atoms with Crippen LogP contribution in [0.1, 0.15) is 27.3 Å². The standard InChI is InChI=1S/C24H19Cl2N5O3S/c1-15-5-2-3-6-17(15)14-35-24-29-28-22(30(24)21-12-18(25)9-10-20(21)26)13-27-23(32)16-7-4-8-19(11-16)31(33)34/h2-12H,13-14H2,1H3,(H,27,32). The third kappa shape index (κ3) is 5.82. The van der Waals surface area contributed by atoms with Crippen molar-refractivity contribution in [2.45, 2.75) is 24.4 Å². The summed E-state index contributed by atoms with van der Waals surface area (Å²) >= 11 is 14.2. The zero-order valence-electron chi connectivity index (χ0n) is 18.4. The van der Waals surface area contributed by atoms with Gasteiger partial charge in [-0.3, -0.25) is 19.5 Å². The van der Waals surface area contributed by atoms with Crippen molar-refractivity contribution >= 4 is 46.6 Å². The average molecular weight is 528 g/mol. The van der Waals surface area contributed by atoms with Crippen molar-refractivity contribution in [3.63, 3.8) is 0 Å². The van der Waals surface area contributed by atoms with Gasteiger partial charge in [0.15, 0.2) is 11.0 Å². The Morgan fingerprint density at radius 1 is 1.09 bits per heavy atom. The number of benzene rings is 3. The molecule has 4 aromatic rings. The number of aromatic nitrogens is 3. The number of carbonyl (C=O) groups excluding carboxylic acids is 1. The number of hydrogen-bond donors (Lipinski definition) is 1. The number of carbonyl (C=O) groups is 1. The minimum absolute atomic E-state index is 0.0162. The van der Waals surface area contributed by atoms with Crippen molar-refractivity contribution in [1.29, 1.82) is 0 Å². The number of thioether (sulfide) groups is 1. The number of aryl methyl sites for hydroxylation is 1. The first-order valence-electron chi connectivity index (χ1n) is 10.4. The molecule has 0 aliphatic heterocycles. The molecule has 35 heavy (non-hydrogen) atoms. The van der Waals surface area contributed by atoms with Crippen LogP contribution < -0.4 is 5.32 Å². The maximum atomic E-state index is 12.7. The van der Waals surface area contributed by atoms with E-state index in [1.54, 1.807) is 22.8 Å². The molecule has 0 fully saturated rings. The third-order valence-electron chi connectivity index (χ3n) is 5.19. The van der Waals surface area contributed by atoms with Gasteiger partial charge in [0.2, 0.25) is 0 Å². The lowest BCUT2D eigenvalue weighted by molar-refractivity contribution is -0.384. The van der Waals surface area contributed by atoms with E-state index in [2.05, 4.69) is 21.6 Å². The van der Waals surface area contributed by atoms with Crippen molar-refractivity contribution < 1.29 is 9.72 Å². The molecule has 0 aliphatic rings. The first-order chi connectivity index (χ1) is 16.8. The molecule has 0 aliphatic carbocycles. The van der Waals surface area contributed by atoms with E-state index in [-0.39, 0.29) is 17.8 Å². The van der Waals surface area contributed by atoms with Gasteiger partial charge in [-0.05, 0) is 42.3 Å². The van der Waals surface area contributed by atoms with Gasteiger partial charge in [-0.1, -0.05) is 65.3 Å². The summed E-state index contributed by atoms with van der Waals surface area (Å²) in [5, 5.41) is 23.9. The van der Waals surface area contributed by atoms with E-state index in [4.69, 9.17) is 23.2 Å². The number of nitrogens with one attached hydrogen (secondary N) is 1. The Morgan fingerprint density at radius 2 is 1.89 bits per heavy atom. The molecule has 11 heteroatoms. The summed E-state index contributed by atoms with van der Waals surface area (Å²) < 4.78 is 1.75. The molecule has 1 heterocycles. The zero-order chi connectivity index (χ0) is 24.9. The summed E-state index contributed by atoms with van der Waals surface area (Å²) in [4.78, 5) is 23.2. The molecule has 4 rings (SSSR count). The lowest BCUT2D eigenvalue weighted by Crippen LogP contribution is -2.24. The quantitative estimate of drug-likeness (QED) is 0.171. The Morgan fingerprint density at radius 3 is 2.66 bits per heavy atom. The number of amides is 1. The second kappa shape index (κ2) is 10.9. The highest BCUT2D eigenvalue weighted by Crippen LogP contribution is 2.31. The van der Waals surface area contributed by atoms with Crippen LogP contribution in [0.5, 0.6) is 0 Å². The third-order valence-corrected chi connectivity index (χ3v) is 6.73. The van der Waals surface area contributed by atoms with Crippen LogP contribution in [0, 0.1) is 17.0 Å². The average Bonchev–Trinajstić information content (AvgIpc) is 3.26. The smallest absolute Gasteiger partial charge is 0.270 e. The Balaban J connectivity index is 1.62. The molecule has 0 saturated carbocycles. The number of nitrogens with zero attached hydrogens (tertiary/aromatic N) is 4. The van der Waals surface area contributed by atoms with Crippen molar-refractivity contribution in [2.24, 2.45) is 0 Å². The minimum atomic E-state index is -0.549. The fourth-order valence-electron chi connectivity index (χ4n) is 3.34.